The first-order valence-electron chi connectivity index (χ1n) is 16.8. The third-order valence-electron chi connectivity index (χ3n) is 9.60. The van der Waals surface area contributed by atoms with Gasteiger partial charge in [0.2, 0.25) is 0 Å². The first-order valence-corrected chi connectivity index (χ1v) is 18.5. The Kier molecular flexibility index (Phi) is 6.90. The van der Waals surface area contributed by atoms with Gasteiger partial charge < -0.3 is 9.80 Å². The van der Waals surface area contributed by atoms with Crippen LogP contribution >= 0.6 is 22.7 Å². The lowest BCUT2D eigenvalue weighted by Crippen LogP contribution is -2.09. The molecule has 236 valence electrons. The predicted octanol–water partition coefficient (Wildman–Crippen LogP) is 14.5. The van der Waals surface area contributed by atoms with Crippen LogP contribution in [0.25, 0.3) is 51.1 Å². The Morgan fingerprint density at radius 3 is 1.46 bits per heavy atom. The van der Waals surface area contributed by atoms with Crippen molar-refractivity contribution in [1.29, 1.82) is 0 Å². The van der Waals surface area contributed by atoms with Gasteiger partial charge in [-0.3, -0.25) is 0 Å². The highest BCUT2D eigenvalue weighted by molar-refractivity contribution is 7.26. The van der Waals surface area contributed by atoms with Gasteiger partial charge in [0.25, 0.3) is 0 Å². The fourth-order valence-corrected chi connectivity index (χ4v) is 9.64. The minimum absolute atomic E-state index is 1.14. The Hall–Kier alpha value is -5.94. The Balaban J connectivity index is 1.12. The largest absolute Gasteiger partial charge is 0.310 e. The van der Waals surface area contributed by atoms with Crippen LogP contribution in [0.4, 0.5) is 34.1 Å². The van der Waals surface area contributed by atoms with Gasteiger partial charge in [-0.25, -0.2) is 0 Å². The molecule has 0 aliphatic heterocycles. The molecule has 2 nitrogen and oxygen atoms in total. The number of thiophene rings is 2. The minimum atomic E-state index is 1.14. The van der Waals surface area contributed by atoms with E-state index in [1.54, 1.807) is 0 Å². The molecular weight excluding hydrogens is 645 g/mol. The lowest BCUT2D eigenvalue weighted by Gasteiger charge is -2.26. The molecule has 10 rings (SSSR count). The third-order valence-corrected chi connectivity index (χ3v) is 12.0. The third kappa shape index (κ3) is 4.84. The van der Waals surface area contributed by atoms with Crippen molar-refractivity contribution in [3.8, 4) is 0 Å². The topological polar surface area (TPSA) is 6.48 Å². The minimum Gasteiger partial charge on any atom is -0.310 e. The summed E-state index contributed by atoms with van der Waals surface area (Å²) in [6, 6.07) is 66.0. The molecule has 0 spiro atoms. The Labute approximate surface area is 298 Å². The second-order valence-electron chi connectivity index (χ2n) is 12.6. The van der Waals surface area contributed by atoms with Crippen LogP contribution in [0.5, 0.6) is 0 Å². The first-order chi connectivity index (χ1) is 24.8. The molecule has 0 bridgehead atoms. The van der Waals surface area contributed by atoms with E-state index in [2.05, 4.69) is 192 Å². The molecule has 0 saturated carbocycles. The van der Waals surface area contributed by atoms with Crippen molar-refractivity contribution in [2.24, 2.45) is 0 Å². The zero-order valence-electron chi connectivity index (χ0n) is 27.0. The number of rotatable bonds is 6. The van der Waals surface area contributed by atoms with Crippen LogP contribution in [-0.2, 0) is 0 Å². The molecule has 2 heterocycles. The molecule has 0 saturated heterocycles. The summed E-state index contributed by atoms with van der Waals surface area (Å²) in [7, 11) is 0. The van der Waals surface area contributed by atoms with E-state index >= 15 is 0 Å². The Bertz CT molecular complexity index is 2780. The monoisotopic (exact) mass is 674 g/mol. The van der Waals surface area contributed by atoms with E-state index < -0.39 is 0 Å². The number of anilines is 6. The molecule has 0 aliphatic carbocycles. The predicted molar refractivity (Wildman–Crippen MR) is 219 cm³/mol. The van der Waals surface area contributed by atoms with Gasteiger partial charge in [0, 0.05) is 79.9 Å². The molecule has 0 fully saturated rings. The molecule has 4 heteroatoms. The van der Waals surface area contributed by atoms with E-state index in [1.807, 2.05) is 22.7 Å². The van der Waals surface area contributed by atoms with Crippen molar-refractivity contribution in [2.75, 3.05) is 9.80 Å². The van der Waals surface area contributed by atoms with Crippen LogP contribution in [0.2, 0.25) is 0 Å². The standard InChI is InChI=1S/C46H30N2S2/c1-4-12-32(13-5-1)47(33-14-6-2-7-15-33)36-24-27-44-42(29-36)39-26-23-37(30-45(39)49-44)48(34-16-8-3-9-17-34)35-22-20-31-21-25-40-38-18-10-11-19-43(38)50-46(40)41(31)28-35/h1-30H. The summed E-state index contributed by atoms with van der Waals surface area (Å²) in [5.74, 6) is 0. The summed E-state index contributed by atoms with van der Waals surface area (Å²) in [6.07, 6.45) is 0. The smallest absolute Gasteiger partial charge is 0.0476 e. The maximum atomic E-state index is 2.40. The molecule has 8 aromatic carbocycles. The Morgan fingerprint density at radius 2 is 0.760 bits per heavy atom. The molecule has 0 aliphatic rings. The molecule has 0 atom stereocenters. The van der Waals surface area contributed by atoms with E-state index in [0.717, 1.165) is 34.1 Å². The van der Waals surface area contributed by atoms with Gasteiger partial charge in [-0.05, 0) is 90.3 Å². The van der Waals surface area contributed by atoms with E-state index in [1.165, 1.54) is 51.1 Å². The SMILES string of the molecule is c1ccc(N(c2ccccc2)c2ccc3sc4cc(N(c5ccccc5)c5ccc6ccc7c8ccccc8sc7c6c5)ccc4c3c2)cc1. The molecule has 0 amide bonds. The Morgan fingerprint density at radius 1 is 0.280 bits per heavy atom. The van der Waals surface area contributed by atoms with E-state index in [0.29, 0.717) is 0 Å². The highest BCUT2D eigenvalue weighted by Gasteiger charge is 2.18. The van der Waals surface area contributed by atoms with Crippen LogP contribution in [0.1, 0.15) is 0 Å². The number of fused-ring (bicyclic) bond motifs is 8. The number of hydrogen-bond acceptors (Lipinski definition) is 4. The summed E-state index contributed by atoms with van der Waals surface area (Å²) in [5.41, 5.74) is 6.86. The lowest BCUT2D eigenvalue weighted by atomic mass is 10.0. The van der Waals surface area contributed by atoms with Gasteiger partial charge in [0.15, 0.2) is 0 Å². The second-order valence-corrected chi connectivity index (χ2v) is 14.7. The van der Waals surface area contributed by atoms with Crippen molar-refractivity contribution in [2.45, 2.75) is 0 Å². The fraction of sp³-hybridized carbons (Fsp3) is 0. The zero-order valence-corrected chi connectivity index (χ0v) is 28.7. The number of para-hydroxylation sites is 3. The maximum absolute atomic E-state index is 2.40. The van der Waals surface area contributed by atoms with Crippen LogP contribution in [0, 0.1) is 0 Å². The number of hydrogen-bond donors (Lipinski definition) is 0. The average molecular weight is 675 g/mol. The molecule has 0 radical (unpaired) electrons. The molecule has 0 unspecified atom stereocenters. The molecule has 50 heavy (non-hydrogen) atoms. The molecule has 0 N–H and O–H groups in total. The van der Waals surface area contributed by atoms with Crippen molar-refractivity contribution >= 4 is 108 Å². The van der Waals surface area contributed by atoms with Crippen LogP contribution < -0.4 is 9.80 Å². The van der Waals surface area contributed by atoms with Crippen LogP contribution in [0.3, 0.4) is 0 Å². The maximum Gasteiger partial charge on any atom is 0.0476 e. The zero-order chi connectivity index (χ0) is 33.0. The van der Waals surface area contributed by atoms with Crippen molar-refractivity contribution in [1.82, 2.24) is 0 Å². The number of nitrogens with zero attached hydrogens (tertiary/aromatic N) is 2. The van der Waals surface area contributed by atoms with Crippen molar-refractivity contribution < 1.29 is 0 Å². The average Bonchev–Trinajstić information content (AvgIpc) is 3.74. The highest BCUT2D eigenvalue weighted by atomic mass is 32.1. The van der Waals surface area contributed by atoms with E-state index in [9.17, 15) is 0 Å². The number of benzene rings is 8. The lowest BCUT2D eigenvalue weighted by molar-refractivity contribution is 1.29. The van der Waals surface area contributed by atoms with Crippen LogP contribution in [0.15, 0.2) is 182 Å². The molecular formula is C46H30N2S2. The summed E-state index contributed by atoms with van der Waals surface area (Å²) >= 11 is 3.75. The van der Waals surface area contributed by atoms with Crippen molar-refractivity contribution in [3.63, 3.8) is 0 Å². The molecule has 2 aromatic heterocycles. The van der Waals surface area contributed by atoms with Gasteiger partial charge in [0.05, 0.1) is 0 Å². The van der Waals surface area contributed by atoms with E-state index in [4.69, 9.17) is 0 Å². The van der Waals surface area contributed by atoms with Crippen molar-refractivity contribution in [3.05, 3.63) is 182 Å². The highest BCUT2D eigenvalue weighted by Crippen LogP contribution is 2.45. The first kappa shape index (κ1) is 29.0. The van der Waals surface area contributed by atoms with Gasteiger partial charge >= 0.3 is 0 Å². The van der Waals surface area contributed by atoms with Gasteiger partial charge in [-0.2, -0.15) is 0 Å². The normalized spacial score (nSPS) is 11.6. The summed E-state index contributed by atoms with van der Waals surface area (Å²) in [5, 5.41) is 7.75. The summed E-state index contributed by atoms with van der Waals surface area (Å²) in [4.78, 5) is 4.73. The van der Waals surface area contributed by atoms with Gasteiger partial charge in [-0.15, -0.1) is 22.7 Å². The molecule has 10 aromatic rings. The summed E-state index contributed by atoms with van der Waals surface area (Å²) in [6.45, 7) is 0. The van der Waals surface area contributed by atoms with E-state index in [-0.39, 0.29) is 0 Å². The fourth-order valence-electron chi connectivity index (χ4n) is 7.29. The quantitative estimate of drug-likeness (QED) is 0.173. The van der Waals surface area contributed by atoms with Crippen LogP contribution in [-0.4, -0.2) is 0 Å². The second kappa shape index (κ2) is 11.9. The summed E-state index contributed by atoms with van der Waals surface area (Å²) < 4.78 is 5.23. The van der Waals surface area contributed by atoms with Gasteiger partial charge in [-0.1, -0.05) is 97.1 Å². The van der Waals surface area contributed by atoms with Gasteiger partial charge in [0.1, 0.15) is 0 Å².